The normalized spacial score (nSPS) is 28.6. The monoisotopic (exact) mass is 283 g/mol. The molecule has 1 aliphatic carbocycles. The maximum atomic E-state index is 10.2. The molecular formula is C15H29N3O2. The van der Waals surface area contributed by atoms with E-state index in [2.05, 4.69) is 14.7 Å². The first-order valence-electron chi connectivity index (χ1n) is 8.22. The van der Waals surface area contributed by atoms with Crippen molar-refractivity contribution in [1.82, 2.24) is 14.7 Å². The minimum absolute atomic E-state index is 0.219. The Morgan fingerprint density at radius 3 is 2.00 bits per heavy atom. The molecule has 1 saturated carbocycles. The highest BCUT2D eigenvalue weighted by Gasteiger charge is 2.27. The van der Waals surface area contributed by atoms with Crippen molar-refractivity contribution in [1.29, 1.82) is 0 Å². The number of ether oxygens (including phenoxy) is 1. The third-order valence-corrected chi connectivity index (χ3v) is 4.72. The molecule has 2 aliphatic heterocycles. The molecule has 5 nitrogen and oxygen atoms in total. The van der Waals surface area contributed by atoms with Gasteiger partial charge < -0.3 is 14.7 Å². The van der Waals surface area contributed by atoms with Gasteiger partial charge in [0.2, 0.25) is 0 Å². The van der Waals surface area contributed by atoms with Crippen LogP contribution in [0, 0.1) is 5.92 Å². The smallest absolute Gasteiger partial charge is 0.0793 e. The topological polar surface area (TPSA) is 39.2 Å². The van der Waals surface area contributed by atoms with Gasteiger partial charge in [0.15, 0.2) is 0 Å². The number of β-amino-alcohol motifs (C(OH)–C–C–N with tert-alkyl or cyclic N) is 1. The average Bonchev–Trinajstić information content (AvgIpc) is 3.26. The summed E-state index contributed by atoms with van der Waals surface area (Å²) in [6.45, 7) is 11.1. The third-order valence-electron chi connectivity index (χ3n) is 4.72. The number of hydrogen-bond donors (Lipinski definition) is 1. The number of hydrogen-bond acceptors (Lipinski definition) is 5. The Morgan fingerprint density at radius 2 is 1.40 bits per heavy atom. The molecule has 1 N–H and O–H groups in total. The van der Waals surface area contributed by atoms with Crippen molar-refractivity contribution in [2.45, 2.75) is 18.9 Å². The predicted octanol–water partition coefficient (Wildman–Crippen LogP) is -0.293. The summed E-state index contributed by atoms with van der Waals surface area (Å²) in [7, 11) is 0. The molecule has 1 unspecified atom stereocenters. The van der Waals surface area contributed by atoms with Crippen molar-refractivity contribution in [3.05, 3.63) is 0 Å². The first kappa shape index (κ1) is 14.7. The molecule has 0 amide bonds. The Kier molecular flexibility index (Phi) is 5.29. The van der Waals surface area contributed by atoms with E-state index in [1.165, 1.54) is 32.5 Å². The van der Waals surface area contributed by atoms with Crippen LogP contribution in [0.25, 0.3) is 0 Å². The fourth-order valence-electron chi connectivity index (χ4n) is 3.26. The minimum atomic E-state index is -0.219. The van der Waals surface area contributed by atoms with Gasteiger partial charge in [0.25, 0.3) is 0 Å². The molecule has 20 heavy (non-hydrogen) atoms. The quantitative estimate of drug-likeness (QED) is 0.725. The van der Waals surface area contributed by atoms with E-state index in [1.54, 1.807) is 0 Å². The molecule has 3 aliphatic rings. The maximum Gasteiger partial charge on any atom is 0.0793 e. The van der Waals surface area contributed by atoms with Crippen LogP contribution in [0.5, 0.6) is 0 Å². The van der Waals surface area contributed by atoms with Crippen molar-refractivity contribution in [3.8, 4) is 0 Å². The standard InChI is InChI=1S/C15H29N3O2/c19-15(13-18-7-9-20-10-8-18)12-17-5-3-16(4-6-17)11-14-1-2-14/h14-15,19H,1-13H2. The molecule has 3 rings (SSSR count). The molecule has 0 aromatic carbocycles. The second-order valence-electron chi connectivity index (χ2n) is 6.61. The Labute approximate surface area is 122 Å². The van der Waals surface area contributed by atoms with E-state index in [-0.39, 0.29) is 6.10 Å². The second kappa shape index (κ2) is 7.18. The molecule has 0 spiro atoms. The highest BCUT2D eigenvalue weighted by Crippen LogP contribution is 2.29. The van der Waals surface area contributed by atoms with E-state index >= 15 is 0 Å². The van der Waals surface area contributed by atoms with Crippen LogP contribution in [0.3, 0.4) is 0 Å². The Morgan fingerprint density at radius 1 is 0.850 bits per heavy atom. The zero-order valence-electron chi connectivity index (χ0n) is 12.5. The minimum Gasteiger partial charge on any atom is -0.390 e. The van der Waals surface area contributed by atoms with Crippen LogP contribution < -0.4 is 0 Å². The Hall–Kier alpha value is -0.200. The molecule has 116 valence electrons. The van der Waals surface area contributed by atoms with E-state index in [9.17, 15) is 5.11 Å². The largest absolute Gasteiger partial charge is 0.390 e. The second-order valence-corrected chi connectivity index (χ2v) is 6.61. The van der Waals surface area contributed by atoms with Gasteiger partial charge in [0.05, 0.1) is 19.3 Å². The van der Waals surface area contributed by atoms with Crippen LogP contribution in [0.4, 0.5) is 0 Å². The fraction of sp³-hybridized carbons (Fsp3) is 1.00. The number of aliphatic hydroxyl groups is 1. The lowest BCUT2D eigenvalue weighted by Gasteiger charge is -2.36. The number of morpholine rings is 1. The molecule has 0 radical (unpaired) electrons. The molecule has 3 fully saturated rings. The summed E-state index contributed by atoms with van der Waals surface area (Å²) in [5.74, 6) is 0.994. The van der Waals surface area contributed by atoms with Crippen molar-refractivity contribution in [2.24, 2.45) is 5.92 Å². The van der Waals surface area contributed by atoms with Gasteiger partial charge in [0, 0.05) is 58.9 Å². The summed E-state index contributed by atoms with van der Waals surface area (Å²) in [5, 5.41) is 10.2. The van der Waals surface area contributed by atoms with Gasteiger partial charge in [-0.2, -0.15) is 0 Å². The lowest BCUT2D eigenvalue weighted by atomic mass is 10.2. The Balaban J connectivity index is 1.31. The molecule has 2 heterocycles. The van der Waals surface area contributed by atoms with Gasteiger partial charge in [-0.25, -0.2) is 0 Å². The molecule has 5 heteroatoms. The highest BCUT2D eigenvalue weighted by atomic mass is 16.5. The highest BCUT2D eigenvalue weighted by molar-refractivity contribution is 4.81. The fourth-order valence-corrected chi connectivity index (χ4v) is 3.26. The molecule has 0 bridgehead atoms. The summed E-state index contributed by atoms with van der Waals surface area (Å²) in [4.78, 5) is 7.34. The summed E-state index contributed by atoms with van der Waals surface area (Å²) in [6.07, 6.45) is 2.67. The SMILES string of the molecule is OC(CN1CCOCC1)CN1CCN(CC2CC2)CC1. The summed E-state index contributed by atoms with van der Waals surface area (Å²) in [5.41, 5.74) is 0. The Bertz CT molecular complexity index is 285. The molecule has 1 atom stereocenters. The number of nitrogens with zero attached hydrogens (tertiary/aromatic N) is 3. The zero-order chi connectivity index (χ0) is 13.8. The number of rotatable bonds is 6. The molecule has 2 saturated heterocycles. The van der Waals surface area contributed by atoms with Crippen LogP contribution in [0.2, 0.25) is 0 Å². The van der Waals surface area contributed by atoms with Gasteiger partial charge in [-0.3, -0.25) is 9.80 Å². The maximum absolute atomic E-state index is 10.2. The van der Waals surface area contributed by atoms with Gasteiger partial charge in [-0.15, -0.1) is 0 Å². The van der Waals surface area contributed by atoms with Crippen molar-refractivity contribution in [2.75, 3.05) is 72.1 Å². The summed E-state index contributed by atoms with van der Waals surface area (Å²) in [6, 6.07) is 0. The predicted molar refractivity (Wildman–Crippen MR) is 78.9 cm³/mol. The first-order valence-corrected chi connectivity index (χ1v) is 8.22. The lowest BCUT2D eigenvalue weighted by Crippen LogP contribution is -2.51. The van der Waals surface area contributed by atoms with Crippen LogP contribution in [-0.4, -0.2) is 98.0 Å². The first-order chi connectivity index (χ1) is 9.79. The van der Waals surface area contributed by atoms with E-state index < -0.39 is 0 Å². The van der Waals surface area contributed by atoms with Crippen LogP contribution >= 0.6 is 0 Å². The summed E-state index contributed by atoms with van der Waals surface area (Å²) < 4.78 is 5.34. The van der Waals surface area contributed by atoms with Gasteiger partial charge in [-0.05, 0) is 18.8 Å². The van der Waals surface area contributed by atoms with E-state index in [4.69, 9.17) is 4.74 Å². The molecule has 0 aromatic rings. The third kappa shape index (κ3) is 4.67. The van der Waals surface area contributed by atoms with E-state index in [0.717, 1.165) is 58.4 Å². The number of piperazine rings is 1. The van der Waals surface area contributed by atoms with Crippen LogP contribution in [-0.2, 0) is 4.74 Å². The van der Waals surface area contributed by atoms with Crippen molar-refractivity contribution < 1.29 is 9.84 Å². The molecular weight excluding hydrogens is 254 g/mol. The van der Waals surface area contributed by atoms with Crippen LogP contribution in [0.15, 0.2) is 0 Å². The lowest BCUT2D eigenvalue weighted by molar-refractivity contribution is 0.00234. The van der Waals surface area contributed by atoms with Crippen molar-refractivity contribution >= 4 is 0 Å². The molecule has 0 aromatic heterocycles. The average molecular weight is 283 g/mol. The summed E-state index contributed by atoms with van der Waals surface area (Å²) >= 11 is 0. The van der Waals surface area contributed by atoms with Crippen molar-refractivity contribution in [3.63, 3.8) is 0 Å². The van der Waals surface area contributed by atoms with E-state index in [1.807, 2.05) is 0 Å². The zero-order valence-corrected chi connectivity index (χ0v) is 12.5. The van der Waals surface area contributed by atoms with E-state index in [0.29, 0.717) is 0 Å². The van der Waals surface area contributed by atoms with Gasteiger partial charge in [0.1, 0.15) is 0 Å². The van der Waals surface area contributed by atoms with Crippen LogP contribution in [0.1, 0.15) is 12.8 Å². The van der Waals surface area contributed by atoms with Gasteiger partial charge >= 0.3 is 0 Å². The number of aliphatic hydroxyl groups excluding tert-OH is 1. The van der Waals surface area contributed by atoms with Gasteiger partial charge in [-0.1, -0.05) is 0 Å².